The number of esters is 1. The quantitative estimate of drug-likeness (QED) is 0.514. The summed E-state index contributed by atoms with van der Waals surface area (Å²) in [5.41, 5.74) is 1.51. The molecule has 1 saturated carbocycles. The highest BCUT2D eigenvalue weighted by Crippen LogP contribution is 2.33. The lowest BCUT2D eigenvalue weighted by Crippen LogP contribution is -2.36. The predicted octanol–water partition coefficient (Wildman–Crippen LogP) is 2.31. The Morgan fingerprint density at radius 1 is 1.12 bits per heavy atom. The molecule has 1 aromatic rings. The number of hydrogen-bond acceptors (Lipinski definition) is 6. The van der Waals surface area contributed by atoms with Crippen LogP contribution in [0.2, 0.25) is 0 Å². The van der Waals surface area contributed by atoms with Gasteiger partial charge in [0, 0.05) is 30.9 Å². The van der Waals surface area contributed by atoms with E-state index in [4.69, 9.17) is 4.74 Å². The Morgan fingerprint density at radius 2 is 1.84 bits per heavy atom. The Labute approximate surface area is 188 Å². The third-order valence-corrected chi connectivity index (χ3v) is 6.70. The standard InChI is InChI=1S/C22H29N3O6S/c1-16(26)24-17-7-11-20(12-8-17)32(29,30)23-14-13-22(28)31-15-21(27)25(19-9-10-19)18-5-3-2-4-6-18/h5,7-8,11-12,19,23H,2-4,6,9-10,13-15H2,1H3,(H,24,26). The largest absolute Gasteiger partial charge is 0.456 e. The molecule has 0 atom stereocenters. The number of nitrogens with zero attached hydrogens (tertiary/aromatic N) is 1. The molecule has 9 nitrogen and oxygen atoms in total. The molecule has 0 radical (unpaired) electrons. The molecule has 3 rings (SSSR count). The molecule has 10 heteroatoms. The van der Waals surface area contributed by atoms with Gasteiger partial charge in [-0.05, 0) is 62.8 Å². The molecule has 32 heavy (non-hydrogen) atoms. The topological polar surface area (TPSA) is 122 Å². The maximum Gasteiger partial charge on any atom is 0.307 e. The number of hydrogen-bond donors (Lipinski definition) is 2. The zero-order valence-corrected chi connectivity index (χ0v) is 18.9. The summed E-state index contributed by atoms with van der Waals surface area (Å²) in [7, 11) is -3.82. The molecule has 0 saturated heterocycles. The third kappa shape index (κ3) is 6.89. The number of nitrogens with one attached hydrogen (secondary N) is 2. The van der Waals surface area contributed by atoms with Crippen LogP contribution in [0.1, 0.15) is 51.9 Å². The number of carbonyl (C=O) groups excluding carboxylic acids is 3. The Balaban J connectivity index is 1.43. The van der Waals surface area contributed by atoms with Crippen molar-refractivity contribution >= 4 is 33.5 Å². The van der Waals surface area contributed by atoms with Gasteiger partial charge in [-0.2, -0.15) is 0 Å². The Hall–Kier alpha value is -2.72. The molecule has 2 amide bonds. The summed E-state index contributed by atoms with van der Waals surface area (Å²) >= 11 is 0. The van der Waals surface area contributed by atoms with Crippen LogP contribution < -0.4 is 10.0 Å². The number of sulfonamides is 1. The molecule has 2 N–H and O–H groups in total. The number of carbonyl (C=O) groups is 3. The molecule has 0 unspecified atom stereocenters. The van der Waals surface area contributed by atoms with Crippen LogP contribution in [0.4, 0.5) is 5.69 Å². The normalized spacial score (nSPS) is 16.1. The van der Waals surface area contributed by atoms with Crippen LogP contribution >= 0.6 is 0 Å². The van der Waals surface area contributed by atoms with Crippen LogP contribution in [0, 0.1) is 0 Å². The maximum absolute atomic E-state index is 12.6. The van der Waals surface area contributed by atoms with E-state index in [1.54, 1.807) is 4.90 Å². The van der Waals surface area contributed by atoms with E-state index in [0.29, 0.717) is 5.69 Å². The van der Waals surface area contributed by atoms with E-state index in [2.05, 4.69) is 16.1 Å². The van der Waals surface area contributed by atoms with Crippen molar-refractivity contribution < 1.29 is 27.5 Å². The lowest BCUT2D eigenvalue weighted by atomic mass is 10.0. The van der Waals surface area contributed by atoms with Gasteiger partial charge in [0.1, 0.15) is 0 Å². The van der Waals surface area contributed by atoms with Gasteiger partial charge in [0.15, 0.2) is 6.61 Å². The number of anilines is 1. The first-order valence-corrected chi connectivity index (χ1v) is 12.3. The predicted molar refractivity (Wildman–Crippen MR) is 118 cm³/mol. The molecular formula is C22H29N3O6S. The van der Waals surface area contributed by atoms with Crippen molar-refractivity contribution in [3.8, 4) is 0 Å². The first-order chi connectivity index (χ1) is 15.3. The van der Waals surface area contributed by atoms with Crippen molar-refractivity contribution in [2.45, 2.75) is 62.8 Å². The van der Waals surface area contributed by atoms with Gasteiger partial charge in [0.25, 0.3) is 5.91 Å². The van der Waals surface area contributed by atoms with Crippen molar-refractivity contribution in [2.75, 3.05) is 18.5 Å². The summed E-state index contributed by atoms with van der Waals surface area (Å²) in [6, 6.07) is 5.87. The summed E-state index contributed by atoms with van der Waals surface area (Å²) in [5, 5.41) is 2.55. The highest BCUT2D eigenvalue weighted by Gasteiger charge is 2.35. The Bertz CT molecular complexity index is 983. The molecule has 1 aromatic carbocycles. The van der Waals surface area contributed by atoms with E-state index in [-0.39, 0.29) is 42.3 Å². The molecule has 0 aliphatic heterocycles. The van der Waals surface area contributed by atoms with Gasteiger partial charge in [0.2, 0.25) is 15.9 Å². The number of benzene rings is 1. The van der Waals surface area contributed by atoms with Crippen LogP contribution in [0.25, 0.3) is 0 Å². The van der Waals surface area contributed by atoms with Crippen molar-refractivity contribution in [1.29, 1.82) is 0 Å². The lowest BCUT2D eigenvalue weighted by molar-refractivity contribution is -0.151. The van der Waals surface area contributed by atoms with E-state index >= 15 is 0 Å². The van der Waals surface area contributed by atoms with Gasteiger partial charge in [-0.25, -0.2) is 13.1 Å². The van der Waals surface area contributed by atoms with E-state index in [1.807, 2.05) is 0 Å². The molecule has 0 bridgehead atoms. The number of allylic oxidation sites excluding steroid dienone is 2. The van der Waals surface area contributed by atoms with E-state index < -0.39 is 16.0 Å². The average Bonchev–Trinajstić information content (AvgIpc) is 3.58. The number of amides is 2. The van der Waals surface area contributed by atoms with Gasteiger partial charge in [-0.1, -0.05) is 6.08 Å². The molecule has 0 spiro atoms. The van der Waals surface area contributed by atoms with Crippen LogP contribution in [0.3, 0.4) is 0 Å². The maximum atomic E-state index is 12.6. The van der Waals surface area contributed by atoms with E-state index in [9.17, 15) is 22.8 Å². The summed E-state index contributed by atoms with van der Waals surface area (Å²) < 4.78 is 32.1. The van der Waals surface area contributed by atoms with Crippen LogP contribution in [0.15, 0.2) is 40.9 Å². The molecular weight excluding hydrogens is 434 g/mol. The zero-order chi connectivity index (χ0) is 23.1. The van der Waals surface area contributed by atoms with Crippen LogP contribution in [0.5, 0.6) is 0 Å². The van der Waals surface area contributed by atoms with E-state index in [1.165, 1.54) is 31.2 Å². The van der Waals surface area contributed by atoms with Gasteiger partial charge in [0.05, 0.1) is 11.3 Å². The third-order valence-electron chi connectivity index (χ3n) is 5.22. The SMILES string of the molecule is CC(=O)Nc1ccc(S(=O)(=O)NCCC(=O)OCC(=O)N(C2=CCCCC2)C2CC2)cc1. The molecule has 2 aliphatic rings. The lowest BCUT2D eigenvalue weighted by Gasteiger charge is -2.27. The second-order valence-corrected chi connectivity index (χ2v) is 9.72. The minimum absolute atomic E-state index is 0.0102. The smallest absolute Gasteiger partial charge is 0.307 e. The highest BCUT2D eigenvalue weighted by molar-refractivity contribution is 7.89. The first-order valence-electron chi connectivity index (χ1n) is 10.8. The fraction of sp³-hybridized carbons (Fsp3) is 0.500. The minimum atomic E-state index is -3.82. The van der Waals surface area contributed by atoms with Gasteiger partial charge in [-0.15, -0.1) is 0 Å². The van der Waals surface area contributed by atoms with Gasteiger partial charge >= 0.3 is 5.97 Å². The average molecular weight is 464 g/mol. The van der Waals surface area contributed by atoms with Crippen LogP contribution in [-0.4, -0.2) is 50.3 Å². The highest BCUT2D eigenvalue weighted by atomic mass is 32.2. The summed E-state index contributed by atoms with van der Waals surface area (Å²) in [4.78, 5) is 37.5. The summed E-state index contributed by atoms with van der Waals surface area (Å²) in [5.74, 6) is -1.13. The fourth-order valence-corrected chi connectivity index (χ4v) is 4.58. The molecule has 1 fully saturated rings. The van der Waals surface area contributed by atoms with Crippen molar-refractivity contribution in [3.63, 3.8) is 0 Å². The summed E-state index contributed by atoms with van der Waals surface area (Å²) in [6.07, 6.45) is 7.83. The Kier molecular flexibility index (Phi) is 8.03. The zero-order valence-electron chi connectivity index (χ0n) is 18.1. The van der Waals surface area contributed by atoms with E-state index in [0.717, 1.165) is 44.2 Å². The van der Waals surface area contributed by atoms with Crippen molar-refractivity contribution in [3.05, 3.63) is 36.0 Å². The minimum Gasteiger partial charge on any atom is -0.456 e. The van der Waals surface area contributed by atoms with Gasteiger partial charge < -0.3 is 15.0 Å². The first kappa shape index (κ1) is 23.9. The fourth-order valence-electron chi connectivity index (χ4n) is 3.55. The molecule has 0 heterocycles. The molecule has 2 aliphatic carbocycles. The number of ether oxygens (including phenoxy) is 1. The van der Waals surface area contributed by atoms with Crippen molar-refractivity contribution in [1.82, 2.24) is 9.62 Å². The molecule has 0 aromatic heterocycles. The Morgan fingerprint density at radius 3 is 2.44 bits per heavy atom. The monoisotopic (exact) mass is 463 g/mol. The number of rotatable bonds is 10. The van der Waals surface area contributed by atoms with Gasteiger partial charge in [-0.3, -0.25) is 14.4 Å². The summed E-state index contributed by atoms with van der Waals surface area (Å²) in [6.45, 7) is 0.861. The second kappa shape index (κ2) is 10.7. The van der Waals surface area contributed by atoms with Crippen molar-refractivity contribution in [2.24, 2.45) is 0 Å². The second-order valence-electron chi connectivity index (χ2n) is 7.95. The van der Waals surface area contributed by atoms with Crippen LogP contribution in [-0.2, 0) is 29.1 Å². The molecule has 174 valence electrons.